The van der Waals surface area contributed by atoms with E-state index in [1.54, 1.807) is 0 Å². The largest absolute Gasteiger partial charge is 0.484 e. The Hall–Kier alpha value is -2.48. The first kappa shape index (κ1) is 19.8. The Bertz CT molecular complexity index is 751. The third kappa shape index (κ3) is 6.79. The number of rotatable bonds is 7. The Kier molecular flexibility index (Phi) is 6.68. The summed E-state index contributed by atoms with van der Waals surface area (Å²) in [4.78, 5) is 11.7. The Labute approximate surface area is 151 Å². The molecule has 0 spiro atoms. The predicted octanol–water partition coefficient (Wildman–Crippen LogP) is 4.12. The number of hydrogen-bond acceptors (Lipinski definition) is 3. The summed E-state index contributed by atoms with van der Waals surface area (Å²) in [6.07, 6.45) is -4.40. The third-order valence-electron chi connectivity index (χ3n) is 3.07. The number of hydrogen-bond donors (Lipinski definition) is 1. The molecule has 1 N–H and O–H groups in total. The van der Waals surface area contributed by atoms with Gasteiger partial charge in [0.25, 0.3) is 5.91 Å². The van der Waals surface area contributed by atoms with Gasteiger partial charge in [-0.3, -0.25) is 4.79 Å². The van der Waals surface area contributed by atoms with Gasteiger partial charge in [-0.15, -0.1) is 0 Å². The highest BCUT2D eigenvalue weighted by Gasteiger charge is 2.28. The second-order valence-corrected chi connectivity index (χ2v) is 5.60. The first-order valence-electron chi connectivity index (χ1n) is 7.36. The van der Waals surface area contributed by atoms with Crippen LogP contribution in [0, 0.1) is 5.82 Å². The molecule has 2 rings (SSSR count). The summed E-state index contributed by atoms with van der Waals surface area (Å²) >= 11 is 5.78. The van der Waals surface area contributed by atoms with Crippen molar-refractivity contribution in [2.45, 2.75) is 12.7 Å². The maximum Gasteiger partial charge on any atom is 0.422 e. The van der Waals surface area contributed by atoms with E-state index in [0.29, 0.717) is 5.56 Å². The minimum atomic E-state index is -4.40. The summed E-state index contributed by atoms with van der Waals surface area (Å²) in [6.45, 7) is -1.54. The van der Waals surface area contributed by atoms with Crippen molar-refractivity contribution < 1.29 is 31.8 Å². The van der Waals surface area contributed by atoms with Crippen LogP contribution in [0.2, 0.25) is 5.02 Å². The smallest absolute Gasteiger partial charge is 0.422 e. The highest BCUT2D eigenvalue weighted by Crippen LogP contribution is 2.24. The summed E-state index contributed by atoms with van der Waals surface area (Å²) in [5.74, 6) is -0.710. The topological polar surface area (TPSA) is 47.6 Å². The summed E-state index contributed by atoms with van der Waals surface area (Å²) in [5, 5.41) is 2.62. The van der Waals surface area contributed by atoms with E-state index in [9.17, 15) is 22.4 Å². The van der Waals surface area contributed by atoms with Gasteiger partial charge in [0.05, 0.1) is 5.02 Å². The van der Waals surface area contributed by atoms with E-state index in [1.165, 1.54) is 30.3 Å². The standard InChI is InChI=1S/C17H14ClF4NO3/c18-14-7-12(19)3-6-15(14)25-9-16(24)23-8-11-1-4-13(5-2-11)26-10-17(20,21)22/h1-7H,8-10H2,(H,23,24). The van der Waals surface area contributed by atoms with Gasteiger partial charge in [0, 0.05) is 6.54 Å². The van der Waals surface area contributed by atoms with E-state index < -0.39 is 24.5 Å². The number of halogens is 5. The van der Waals surface area contributed by atoms with Crippen molar-refractivity contribution in [3.8, 4) is 11.5 Å². The molecule has 0 atom stereocenters. The maximum atomic E-state index is 12.9. The van der Waals surface area contributed by atoms with Gasteiger partial charge in [0.15, 0.2) is 13.2 Å². The number of nitrogens with one attached hydrogen (secondary N) is 1. The second kappa shape index (κ2) is 8.75. The van der Waals surface area contributed by atoms with Gasteiger partial charge in [0.2, 0.25) is 0 Å². The van der Waals surface area contributed by atoms with Gasteiger partial charge in [-0.05, 0) is 35.9 Å². The Balaban J connectivity index is 1.76. The molecule has 4 nitrogen and oxygen atoms in total. The van der Waals surface area contributed by atoms with Crippen LogP contribution in [0.25, 0.3) is 0 Å². The van der Waals surface area contributed by atoms with Crippen molar-refractivity contribution >= 4 is 17.5 Å². The van der Waals surface area contributed by atoms with Crippen molar-refractivity contribution in [3.05, 3.63) is 58.9 Å². The molecule has 1 amide bonds. The van der Waals surface area contributed by atoms with Crippen LogP contribution >= 0.6 is 11.6 Å². The molecule has 9 heteroatoms. The molecule has 26 heavy (non-hydrogen) atoms. The van der Waals surface area contributed by atoms with Crippen LogP contribution in [0.5, 0.6) is 11.5 Å². The van der Waals surface area contributed by atoms with Crippen LogP contribution in [0.1, 0.15) is 5.56 Å². The number of amides is 1. The molecule has 0 bridgehead atoms. The molecule has 0 aliphatic heterocycles. The van der Waals surface area contributed by atoms with Gasteiger partial charge in [-0.2, -0.15) is 13.2 Å². The zero-order valence-corrected chi connectivity index (χ0v) is 14.0. The lowest BCUT2D eigenvalue weighted by Gasteiger charge is -2.10. The number of ether oxygens (including phenoxy) is 2. The fraction of sp³-hybridized carbons (Fsp3) is 0.235. The zero-order valence-electron chi connectivity index (χ0n) is 13.3. The van der Waals surface area contributed by atoms with E-state index in [4.69, 9.17) is 16.3 Å². The van der Waals surface area contributed by atoms with Crippen molar-refractivity contribution in [1.82, 2.24) is 5.32 Å². The summed E-state index contributed by atoms with van der Waals surface area (Å²) < 4.78 is 58.9. The maximum absolute atomic E-state index is 12.9. The third-order valence-corrected chi connectivity index (χ3v) is 3.36. The number of alkyl halides is 3. The molecule has 2 aromatic carbocycles. The van der Waals surface area contributed by atoms with Crippen LogP contribution in [0.3, 0.4) is 0 Å². The number of benzene rings is 2. The quantitative estimate of drug-likeness (QED) is 0.722. The molecule has 140 valence electrons. The van der Waals surface area contributed by atoms with E-state index in [-0.39, 0.29) is 29.7 Å². The SMILES string of the molecule is O=C(COc1ccc(F)cc1Cl)NCc1ccc(OCC(F)(F)F)cc1. The van der Waals surface area contributed by atoms with Gasteiger partial charge in [-0.25, -0.2) is 4.39 Å². The lowest BCUT2D eigenvalue weighted by atomic mass is 10.2. The molecule has 0 radical (unpaired) electrons. The molecular formula is C17H14ClF4NO3. The minimum Gasteiger partial charge on any atom is -0.484 e. The molecule has 0 aliphatic carbocycles. The first-order chi connectivity index (χ1) is 12.2. The Morgan fingerprint density at radius 3 is 2.38 bits per heavy atom. The lowest BCUT2D eigenvalue weighted by molar-refractivity contribution is -0.153. The van der Waals surface area contributed by atoms with Crippen molar-refractivity contribution in [1.29, 1.82) is 0 Å². The first-order valence-corrected chi connectivity index (χ1v) is 7.74. The van der Waals surface area contributed by atoms with Gasteiger partial charge >= 0.3 is 6.18 Å². The van der Waals surface area contributed by atoms with Crippen LogP contribution in [0.4, 0.5) is 17.6 Å². The monoisotopic (exact) mass is 391 g/mol. The van der Waals surface area contributed by atoms with E-state index in [0.717, 1.165) is 12.1 Å². The highest BCUT2D eigenvalue weighted by molar-refractivity contribution is 6.32. The second-order valence-electron chi connectivity index (χ2n) is 5.19. The number of carbonyl (C=O) groups excluding carboxylic acids is 1. The Morgan fingerprint density at radius 1 is 1.08 bits per heavy atom. The molecule has 2 aromatic rings. The minimum absolute atomic E-state index is 0.0484. The molecule has 0 aliphatic rings. The molecule has 0 saturated heterocycles. The van der Waals surface area contributed by atoms with Crippen molar-refractivity contribution in [2.75, 3.05) is 13.2 Å². The molecule has 0 heterocycles. The normalized spacial score (nSPS) is 11.1. The molecule has 0 unspecified atom stereocenters. The van der Waals surface area contributed by atoms with Crippen LogP contribution < -0.4 is 14.8 Å². The van der Waals surface area contributed by atoms with E-state index in [1.807, 2.05) is 0 Å². The summed E-state index contributed by atoms with van der Waals surface area (Å²) in [6, 6.07) is 9.35. The summed E-state index contributed by atoms with van der Waals surface area (Å²) in [5.41, 5.74) is 0.664. The fourth-order valence-corrected chi connectivity index (χ4v) is 2.08. The fourth-order valence-electron chi connectivity index (χ4n) is 1.86. The average molecular weight is 392 g/mol. The van der Waals surface area contributed by atoms with Crippen LogP contribution in [-0.4, -0.2) is 25.3 Å². The predicted molar refractivity (Wildman–Crippen MR) is 86.7 cm³/mol. The van der Waals surface area contributed by atoms with Gasteiger partial charge in [0.1, 0.15) is 17.3 Å². The van der Waals surface area contributed by atoms with Gasteiger partial charge in [-0.1, -0.05) is 23.7 Å². The number of carbonyl (C=O) groups is 1. The zero-order chi connectivity index (χ0) is 19.2. The van der Waals surface area contributed by atoms with Crippen molar-refractivity contribution in [2.24, 2.45) is 0 Å². The lowest BCUT2D eigenvalue weighted by Crippen LogP contribution is -2.28. The van der Waals surface area contributed by atoms with Crippen LogP contribution in [-0.2, 0) is 11.3 Å². The average Bonchev–Trinajstić information content (AvgIpc) is 2.57. The van der Waals surface area contributed by atoms with Crippen LogP contribution in [0.15, 0.2) is 42.5 Å². The van der Waals surface area contributed by atoms with E-state index >= 15 is 0 Å². The van der Waals surface area contributed by atoms with E-state index in [2.05, 4.69) is 10.1 Å². The highest BCUT2D eigenvalue weighted by atomic mass is 35.5. The Morgan fingerprint density at radius 2 is 1.77 bits per heavy atom. The van der Waals surface area contributed by atoms with Crippen molar-refractivity contribution in [3.63, 3.8) is 0 Å². The molecular weight excluding hydrogens is 378 g/mol. The molecule has 0 aromatic heterocycles. The van der Waals surface area contributed by atoms with Gasteiger partial charge < -0.3 is 14.8 Å². The molecule has 0 fully saturated rings. The molecule has 0 saturated carbocycles. The summed E-state index contributed by atoms with van der Waals surface area (Å²) in [7, 11) is 0.